The number of nitrogens with one attached hydrogen (secondary N) is 1. The maximum Gasteiger partial charge on any atom is 0.339 e. The third-order valence-corrected chi connectivity index (χ3v) is 3.58. The highest BCUT2D eigenvalue weighted by molar-refractivity contribution is 5.89. The van der Waals surface area contributed by atoms with Gasteiger partial charge in [0, 0.05) is 37.6 Å². The number of carbonyl (C=O) groups is 1. The fraction of sp³-hybridized carbons (Fsp3) is 0.353. The molecule has 0 aromatic carbocycles. The molecule has 0 unspecified atom stereocenters. The van der Waals surface area contributed by atoms with E-state index in [-0.39, 0.29) is 5.97 Å². The van der Waals surface area contributed by atoms with E-state index in [1.165, 1.54) is 13.3 Å². The highest BCUT2D eigenvalue weighted by atomic mass is 16.5. The third-order valence-electron chi connectivity index (χ3n) is 3.58. The van der Waals surface area contributed by atoms with Crippen LogP contribution in [0.15, 0.2) is 36.7 Å². The largest absolute Gasteiger partial charge is 0.465 e. The lowest BCUT2D eigenvalue weighted by molar-refractivity contribution is 0.0600. The van der Waals surface area contributed by atoms with Crippen LogP contribution >= 0.6 is 0 Å². The van der Waals surface area contributed by atoms with Gasteiger partial charge in [0.1, 0.15) is 11.6 Å². The van der Waals surface area contributed by atoms with Gasteiger partial charge in [-0.15, -0.1) is 0 Å². The molecule has 0 aliphatic rings. The molecule has 0 radical (unpaired) electrons. The normalized spacial score (nSPS) is 10.2. The summed E-state index contributed by atoms with van der Waals surface area (Å²) in [6, 6.07) is 7.43. The van der Waals surface area contributed by atoms with E-state index in [1.54, 1.807) is 18.3 Å². The number of anilines is 2. The molecule has 0 bridgehead atoms. The lowest BCUT2D eigenvalue weighted by Gasteiger charge is -2.22. The molecule has 23 heavy (non-hydrogen) atoms. The second-order valence-electron chi connectivity index (χ2n) is 4.94. The summed E-state index contributed by atoms with van der Waals surface area (Å²) >= 11 is 0. The van der Waals surface area contributed by atoms with Gasteiger partial charge in [-0.3, -0.25) is 0 Å². The third kappa shape index (κ3) is 4.18. The van der Waals surface area contributed by atoms with Crippen LogP contribution in [0.3, 0.4) is 0 Å². The first-order valence-corrected chi connectivity index (χ1v) is 7.66. The SMILES string of the molecule is CCN(CC)c1ncccc1CNc1ccc(C(=O)OC)cn1. The lowest BCUT2D eigenvalue weighted by atomic mass is 10.2. The Bertz CT molecular complexity index is 639. The van der Waals surface area contributed by atoms with E-state index in [2.05, 4.69) is 44.8 Å². The van der Waals surface area contributed by atoms with E-state index < -0.39 is 0 Å². The maximum absolute atomic E-state index is 11.4. The van der Waals surface area contributed by atoms with Crippen molar-refractivity contribution in [2.45, 2.75) is 20.4 Å². The molecule has 0 saturated carbocycles. The van der Waals surface area contributed by atoms with Crippen LogP contribution in [-0.2, 0) is 11.3 Å². The van der Waals surface area contributed by atoms with Gasteiger partial charge in [-0.25, -0.2) is 14.8 Å². The number of aromatic nitrogens is 2. The van der Waals surface area contributed by atoms with Crippen molar-refractivity contribution >= 4 is 17.6 Å². The van der Waals surface area contributed by atoms with Crippen molar-refractivity contribution < 1.29 is 9.53 Å². The average molecular weight is 314 g/mol. The van der Waals surface area contributed by atoms with Crippen LogP contribution in [0.2, 0.25) is 0 Å². The molecular weight excluding hydrogens is 292 g/mol. The Morgan fingerprint density at radius 2 is 2.00 bits per heavy atom. The molecule has 2 rings (SSSR count). The molecule has 2 aromatic rings. The van der Waals surface area contributed by atoms with Gasteiger partial charge in [-0.1, -0.05) is 6.07 Å². The Morgan fingerprint density at radius 1 is 1.22 bits per heavy atom. The fourth-order valence-electron chi connectivity index (χ4n) is 2.30. The highest BCUT2D eigenvalue weighted by Gasteiger charge is 2.10. The zero-order valence-electron chi connectivity index (χ0n) is 13.7. The minimum Gasteiger partial charge on any atom is -0.465 e. The summed E-state index contributed by atoms with van der Waals surface area (Å²) in [5, 5.41) is 3.26. The molecule has 6 heteroatoms. The van der Waals surface area contributed by atoms with Gasteiger partial charge in [0.05, 0.1) is 12.7 Å². The predicted molar refractivity (Wildman–Crippen MR) is 90.7 cm³/mol. The first-order chi connectivity index (χ1) is 11.2. The summed E-state index contributed by atoms with van der Waals surface area (Å²) in [5.74, 6) is 1.29. The van der Waals surface area contributed by atoms with Crippen molar-refractivity contribution in [2.24, 2.45) is 0 Å². The van der Waals surface area contributed by atoms with E-state index >= 15 is 0 Å². The first kappa shape index (κ1) is 16.7. The molecule has 0 aliphatic heterocycles. The summed E-state index contributed by atoms with van der Waals surface area (Å²) < 4.78 is 4.66. The highest BCUT2D eigenvalue weighted by Crippen LogP contribution is 2.18. The zero-order chi connectivity index (χ0) is 16.7. The summed E-state index contributed by atoms with van der Waals surface area (Å²) in [6.07, 6.45) is 3.31. The van der Waals surface area contributed by atoms with Gasteiger partial charge >= 0.3 is 5.97 Å². The summed E-state index contributed by atoms with van der Waals surface area (Å²) in [4.78, 5) is 22.3. The molecule has 0 saturated heterocycles. The number of rotatable bonds is 7. The van der Waals surface area contributed by atoms with Crippen molar-refractivity contribution in [1.82, 2.24) is 9.97 Å². The van der Waals surface area contributed by atoms with Crippen LogP contribution in [0.25, 0.3) is 0 Å². The molecule has 0 aliphatic carbocycles. The first-order valence-electron chi connectivity index (χ1n) is 7.66. The molecule has 0 amide bonds. The Hall–Kier alpha value is -2.63. The van der Waals surface area contributed by atoms with E-state index in [0.717, 1.165) is 24.5 Å². The van der Waals surface area contributed by atoms with Crippen molar-refractivity contribution in [3.05, 3.63) is 47.8 Å². The Morgan fingerprint density at radius 3 is 2.61 bits per heavy atom. The Labute approximate surface area is 136 Å². The monoisotopic (exact) mass is 314 g/mol. The van der Waals surface area contributed by atoms with E-state index in [9.17, 15) is 4.79 Å². The van der Waals surface area contributed by atoms with Gasteiger partial charge in [0.25, 0.3) is 0 Å². The molecule has 122 valence electrons. The second-order valence-corrected chi connectivity index (χ2v) is 4.94. The molecule has 2 heterocycles. The van der Waals surface area contributed by atoms with Gasteiger partial charge in [-0.2, -0.15) is 0 Å². The van der Waals surface area contributed by atoms with Crippen LogP contribution in [0.1, 0.15) is 29.8 Å². The number of esters is 1. The van der Waals surface area contributed by atoms with Crippen LogP contribution < -0.4 is 10.2 Å². The van der Waals surface area contributed by atoms with Crippen molar-refractivity contribution in [1.29, 1.82) is 0 Å². The minimum absolute atomic E-state index is 0.389. The summed E-state index contributed by atoms with van der Waals surface area (Å²) in [5.41, 5.74) is 1.54. The minimum atomic E-state index is -0.389. The smallest absolute Gasteiger partial charge is 0.339 e. The molecular formula is C17H22N4O2. The molecule has 1 N–H and O–H groups in total. The van der Waals surface area contributed by atoms with Gasteiger partial charge in [-0.05, 0) is 32.0 Å². The number of nitrogens with zero attached hydrogens (tertiary/aromatic N) is 3. The predicted octanol–water partition coefficient (Wildman–Crippen LogP) is 2.72. The number of pyridine rings is 2. The average Bonchev–Trinajstić information content (AvgIpc) is 2.61. The topological polar surface area (TPSA) is 67.4 Å². The van der Waals surface area contributed by atoms with Crippen LogP contribution in [-0.4, -0.2) is 36.1 Å². The van der Waals surface area contributed by atoms with Gasteiger partial charge < -0.3 is 15.0 Å². The molecule has 0 fully saturated rings. The van der Waals surface area contributed by atoms with Crippen molar-refractivity contribution in [3.8, 4) is 0 Å². The van der Waals surface area contributed by atoms with Crippen LogP contribution in [0.5, 0.6) is 0 Å². The maximum atomic E-state index is 11.4. The van der Waals surface area contributed by atoms with Crippen LogP contribution in [0.4, 0.5) is 11.6 Å². The van der Waals surface area contributed by atoms with Gasteiger partial charge in [0.15, 0.2) is 0 Å². The quantitative estimate of drug-likeness (QED) is 0.793. The number of hydrogen-bond acceptors (Lipinski definition) is 6. The van der Waals surface area contributed by atoms with E-state index in [0.29, 0.717) is 17.9 Å². The molecule has 2 aromatic heterocycles. The van der Waals surface area contributed by atoms with E-state index in [4.69, 9.17) is 0 Å². The van der Waals surface area contributed by atoms with Crippen molar-refractivity contribution in [2.75, 3.05) is 30.4 Å². The number of hydrogen-bond donors (Lipinski definition) is 1. The number of methoxy groups -OCH3 is 1. The Balaban J connectivity index is 2.08. The molecule has 0 atom stereocenters. The standard InChI is InChI=1S/C17H22N4O2/c1-4-21(5-2)16-13(7-6-10-18-16)11-19-15-9-8-14(12-20-15)17(22)23-3/h6-10,12H,4-5,11H2,1-3H3,(H,19,20). The number of ether oxygens (including phenoxy) is 1. The molecule has 0 spiro atoms. The van der Waals surface area contributed by atoms with Crippen molar-refractivity contribution in [3.63, 3.8) is 0 Å². The lowest BCUT2D eigenvalue weighted by Crippen LogP contribution is -2.24. The number of carbonyl (C=O) groups excluding carboxylic acids is 1. The van der Waals surface area contributed by atoms with Gasteiger partial charge in [0.2, 0.25) is 0 Å². The van der Waals surface area contributed by atoms with E-state index in [1.807, 2.05) is 6.07 Å². The van der Waals surface area contributed by atoms with Crippen LogP contribution in [0, 0.1) is 0 Å². The second kappa shape index (κ2) is 8.12. The summed E-state index contributed by atoms with van der Waals surface area (Å²) in [7, 11) is 1.35. The zero-order valence-corrected chi connectivity index (χ0v) is 13.7. The summed E-state index contributed by atoms with van der Waals surface area (Å²) in [6.45, 7) is 6.66. The Kier molecular flexibility index (Phi) is 5.91. The fourth-order valence-corrected chi connectivity index (χ4v) is 2.30. The molecule has 6 nitrogen and oxygen atoms in total.